The lowest BCUT2D eigenvalue weighted by molar-refractivity contribution is 1.22. The molecule has 0 amide bonds. The molecule has 0 unspecified atom stereocenters. The lowest BCUT2D eigenvalue weighted by Gasteiger charge is -2.02. The molecule has 1 heterocycles. The highest BCUT2D eigenvalue weighted by Crippen LogP contribution is 2.18. The number of hydrogen-bond donors (Lipinski definition) is 0. The zero-order valence-electron chi connectivity index (χ0n) is 9.59. The van der Waals surface area contributed by atoms with E-state index in [-0.39, 0.29) is 0 Å². The van der Waals surface area contributed by atoms with E-state index in [9.17, 15) is 0 Å². The van der Waals surface area contributed by atoms with Crippen molar-refractivity contribution in [2.45, 2.75) is 6.92 Å². The van der Waals surface area contributed by atoms with Crippen LogP contribution in [0.3, 0.4) is 0 Å². The quantitative estimate of drug-likeness (QED) is 0.626. The van der Waals surface area contributed by atoms with E-state index in [2.05, 4.69) is 35.1 Å². The molecule has 3 rings (SSSR count). The Balaban J connectivity index is 2.19. The molecule has 2 aromatic carbocycles. The van der Waals surface area contributed by atoms with Crippen molar-refractivity contribution >= 4 is 10.9 Å². The van der Waals surface area contributed by atoms with Crippen LogP contribution in [0.25, 0.3) is 22.3 Å². The maximum Gasteiger partial charge on any atom is 0.159 e. The van der Waals surface area contributed by atoms with Gasteiger partial charge in [-0.25, -0.2) is 9.97 Å². The van der Waals surface area contributed by atoms with Crippen LogP contribution >= 0.6 is 0 Å². The molecule has 82 valence electrons. The molecule has 2 nitrogen and oxygen atoms in total. The van der Waals surface area contributed by atoms with E-state index in [1.807, 2.05) is 36.5 Å². The summed E-state index contributed by atoms with van der Waals surface area (Å²) in [5.41, 5.74) is 3.27. The second-order valence-electron chi connectivity index (χ2n) is 4.12. The fourth-order valence-corrected chi connectivity index (χ4v) is 1.86. The van der Waals surface area contributed by atoms with Gasteiger partial charge in [-0.3, -0.25) is 0 Å². The second kappa shape index (κ2) is 3.98. The van der Waals surface area contributed by atoms with E-state index in [1.165, 1.54) is 5.56 Å². The van der Waals surface area contributed by atoms with Gasteiger partial charge in [0.1, 0.15) is 0 Å². The molecule has 0 radical (unpaired) electrons. The lowest BCUT2D eigenvalue weighted by atomic mass is 10.1. The summed E-state index contributed by atoms with van der Waals surface area (Å²) in [5, 5.41) is 1.08. The predicted molar refractivity (Wildman–Crippen MR) is 69.7 cm³/mol. The number of aromatic nitrogens is 2. The third-order valence-corrected chi connectivity index (χ3v) is 2.77. The van der Waals surface area contributed by atoms with Crippen LogP contribution in [-0.4, -0.2) is 9.97 Å². The van der Waals surface area contributed by atoms with E-state index in [4.69, 9.17) is 0 Å². The summed E-state index contributed by atoms with van der Waals surface area (Å²) in [7, 11) is 0. The highest BCUT2D eigenvalue weighted by Gasteiger charge is 2.02. The van der Waals surface area contributed by atoms with Gasteiger partial charge in [0, 0.05) is 17.1 Å². The van der Waals surface area contributed by atoms with Gasteiger partial charge >= 0.3 is 0 Å². The molecule has 0 bridgehead atoms. The Hall–Kier alpha value is -2.22. The molecule has 0 fully saturated rings. The SMILES string of the molecule is Cc1ccc2cnc(-c3ccccc3)nc2c1. The fraction of sp³-hybridized carbons (Fsp3) is 0.0667. The van der Waals surface area contributed by atoms with Crippen molar-refractivity contribution < 1.29 is 0 Å². The molecule has 0 saturated heterocycles. The molecule has 0 N–H and O–H groups in total. The van der Waals surface area contributed by atoms with Gasteiger partial charge < -0.3 is 0 Å². The zero-order chi connectivity index (χ0) is 11.7. The Labute approximate surface area is 100.0 Å². The molecule has 0 spiro atoms. The second-order valence-corrected chi connectivity index (χ2v) is 4.12. The first kappa shape index (κ1) is 9.97. The first-order valence-electron chi connectivity index (χ1n) is 5.62. The Morgan fingerprint density at radius 3 is 2.59 bits per heavy atom. The summed E-state index contributed by atoms with van der Waals surface area (Å²) < 4.78 is 0. The molecule has 3 aromatic rings. The molecule has 0 saturated carbocycles. The van der Waals surface area contributed by atoms with E-state index < -0.39 is 0 Å². The Morgan fingerprint density at radius 2 is 1.76 bits per heavy atom. The maximum atomic E-state index is 4.60. The number of nitrogens with zero attached hydrogens (tertiary/aromatic N) is 2. The number of benzene rings is 2. The van der Waals surface area contributed by atoms with E-state index in [0.29, 0.717) is 0 Å². The summed E-state index contributed by atoms with van der Waals surface area (Å²) >= 11 is 0. The van der Waals surface area contributed by atoms with Crippen LogP contribution in [0, 0.1) is 6.92 Å². The zero-order valence-corrected chi connectivity index (χ0v) is 9.59. The summed E-state index contributed by atoms with van der Waals surface area (Å²) in [6.07, 6.45) is 1.88. The third-order valence-electron chi connectivity index (χ3n) is 2.77. The standard InChI is InChI=1S/C15H12N2/c1-11-7-8-13-10-16-15(17-14(13)9-11)12-5-3-2-4-6-12/h2-10H,1H3. The van der Waals surface area contributed by atoms with Crippen molar-refractivity contribution in [1.29, 1.82) is 0 Å². The Bertz CT molecular complexity index is 660. The number of fused-ring (bicyclic) bond motifs is 1. The molecule has 1 aromatic heterocycles. The van der Waals surface area contributed by atoms with Gasteiger partial charge in [-0.2, -0.15) is 0 Å². The number of hydrogen-bond acceptors (Lipinski definition) is 2. The number of aryl methyl sites for hydroxylation is 1. The van der Waals surface area contributed by atoms with Crippen LogP contribution in [0.2, 0.25) is 0 Å². The highest BCUT2D eigenvalue weighted by atomic mass is 14.9. The van der Waals surface area contributed by atoms with Crippen LogP contribution in [0.15, 0.2) is 54.7 Å². The minimum absolute atomic E-state index is 0.781. The highest BCUT2D eigenvalue weighted by molar-refractivity contribution is 5.80. The molecule has 0 atom stereocenters. The summed E-state index contributed by atoms with van der Waals surface area (Å²) in [4.78, 5) is 8.99. The topological polar surface area (TPSA) is 25.8 Å². The Morgan fingerprint density at radius 1 is 0.941 bits per heavy atom. The first-order chi connectivity index (χ1) is 8.33. The molecule has 17 heavy (non-hydrogen) atoms. The molecule has 2 heteroatoms. The maximum absolute atomic E-state index is 4.60. The predicted octanol–water partition coefficient (Wildman–Crippen LogP) is 3.61. The van der Waals surface area contributed by atoms with E-state index >= 15 is 0 Å². The van der Waals surface area contributed by atoms with Crippen molar-refractivity contribution in [3.05, 3.63) is 60.3 Å². The average Bonchev–Trinajstić information content (AvgIpc) is 2.39. The molecule has 0 aliphatic carbocycles. The number of rotatable bonds is 1. The lowest BCUT2D eigenvalue weighted by Crippen LogP contribution is -1.89. The van der Waals surface area contributed by atoms with E-state index in [1.54, 1.807) is 0 Å². The summed E-state index contributed by atoms with van der Waals surface area (Å²) in [5.74, 6) is 0.781. The van der Waals surface area contributed by atoms with Crippen LogP contribution < -0.4 is 0 Å². The summed E-state index contributed by atoms with van der Waals surface area (Å²) in [6, 6.07) is 16.3. The monoisotopic (exact) mass is 220 g/mol. The van der Waals surface area contributed by atoms with Crippen LogP contribution in [0.1, 0.15) is 5.56 Å². The molecular formula is C15H12N2. The van der Waals surface area contributed by atoms with Crippen LogP contribution in [0.5, 0.6) is 0 Å². The van der Waals surface area contributed by atoms with Gasteiger partial charge in [0.05, 0.1) is 5.52 Å². The van der Waals surface area contributed by atoms with Gasteiger partial charge in [0.25, 0.3) is 0 Å². The largest absolute Gasteiger partial charge is 0.236 e. The van der Waals surface area contributed by atoms with Gasteiger partial charge in [-0.1, -0.05) is 42.5 Å². The fourth-order valence-electron chi connectivity index (χ4n) is 1.86. The van der Waals surface area contributed by atoms with Gasteiger partial charge in [0.2, 0.25) is 0 Å². The minimum Gasteiger partial charge on any atom is -0.236 e. The first-order valence-corrected chi connectivity index (χ1v) is 5.62. The molecular weight excluding hydrogens is 208 g/mol. The Kier molecular flexibility index (Phi) is 2.33. The minimum atomic E-state index is 0.781. The normalized spacial score (nSPS) is 10.6. The molecule has 0 aliphatic heterocycles. The van der Waals surface area contributed by atoms with Crippen molar-refractivity contribution in [1.82, 2.24) is 9.97 Å². The van der Waals surface area contributed by atoms with Crippen LogP contribution in [0.4, 0.5) is 0 Å². The smallest absolute Gasteiger partial charge is 0.159 e. The van der Waals surface area contributed by atoms with Crippen LogP contribution in [-0.2, 0) is 0 Å². The van der Waals surface area contributed by atoms with E-state index in [0.717, 1.165) is 22.3 Å². The molecule has 0 aliphatic rings. The van der Waals surface area contributed by atoms with Gasteiger partial charge in [-0.05, 0) is 18.6 Å². The van der Waals surface area contributed by atoms with Crippen molar-refractivity contribution in [2.75, 3.05) is 0 Å². The van der Waals surface area contributed by atoms with Gasteiger partial charge in [0.15, 0.2) is 5.82 Å². The summed E-state index contributed by atoms with van der Waals surface area (Å²) in [6.45, 7) is 2.07. The van der Waals surface area contributed by atoms with Crippen molar-refractivity contribution in [3.8, 4) is 11.4 Å². The third kappa shape index (κ3) is 1.89. The van der Waals surface area contributed by atoms with Crippen molar-refractivity contribution in [2.24, 2.45) is 0 Å². The average molecular weight is 220 g/mol. The van der Waals surface area contributed by atoms with Crippen molar-refractivity contribution in [3.63, 3.8) is 0 Å². The van der Waals surface area contributed by atoms with Gasteiger partial charge in [-0.15, -0.1) is 0 Å².